The fraction of sp³-hybridized carbons (Fsp3) is 0.500. The highest BCUT2D eigenvalue weighted by Crippen LogP contribution is 2.26. The van der Waals surface area contributed by atoms with Crippen LogP contribution in [0.4, 0.5) is 0 Å². The van der Waals surface area contributed by atoms with Crippen LogP contribution in [0.5, 0.6) is 0 Å². The second-order valence-corrected chi connectivity index (χ2v) is 7.59. The molecule has 0 aliphatic carbocycles. The van der Waals surface area contributed by atoms with Gasteiger partial charge in [0.1, 0.15) is 0 Å². The summed E-state index contributed by atoms with van der Waals surface area (Å²) in [5.41, 5.74) is 0. The molecule has 0 aromatic heterocycles. The molecule has 1 fully saturated rings. The van der Waals surface area contributed by atoms with Crippen molar-refractivity contribution in [1.82, 2.24) is 14.9 Å². The Morgan fingerprint density at radius 3 is 2.54 bits per heavy atom. The molecule has 1 aromatic rings. The van der Waals surface area contributed by atoms with E-state index in [9.17, 15) is 18.0 Å². The van der Waals surface area contributed by atoms with Crippen molar-refractivity contribution in [3.05, 3.63) is 30.3 Å². The first-order valence-corrected chi connectivity index (χ1v) is 9.47. The van der Waals surface area contributed by atoms with Crippen molar-refractivity contribution in [2.24, 2.45) is 0 Å². The first kappa shape index (κ1) is 18.4. The first-order valence-electron chi connectivity index (χ1n) is 8.03. The molecule has 1 saturated heterocycles. The van der Waals surface area contributed by atoms with Crippen LogP contribution in [0.1, 0.15) is 25.7 Å². The zero-order valence-corrected chi connectivity index (χ0v) is 14.5. The smallest absolute Gasteiger partial charge is 0.309 e. The highest BCUT2D eigenvalue weighted by molar-refractivity contribution is 7.89. The van der Waals surface area contributed by atoms with Crippen molar-refractivity contribution in [2.45, 2.75) is 36.6 Å². The molecule has 24 heavy (non-hydrogen) atoms. The zero-order chi connectivity index (χ0) is 17.6. The molecule has 1 heterocycles. The monoisotopic (exact) mass is 353 g/mol. The molecular weight excluding hydrogens is 330 g/mol. The van der Waals surface area contributed by atoms with Crippen molar-refractivity contribution in [1.29, 1.82) is 0 Å². The van der Waals surface area contributed by atoms with Crippen LogP contribution < -0.4 is 10.6 Å². The number of hydrogen-bond acceptors (Lipinski definition) is 4. The fourth-order valence-electron chi connectivity index (χ4n) is 2.85. The van der Waals surface area contributed by atoms with E-state index in [0.717, 1.165) is 19.3 Å². The van der Waals surface area contributed by atoms with Gasteiger partial charge in [0, 0.05) is 26.2 Å². The minimum absolute atomic E-state index is 0.172. The molecule has 2 N–H and O–H groups in total. The predicted octanol–water partition coefficient (Wildman–Crippen LogP) is 0.482. The van der Waals surface area contributed by atoms with Crippen LogP contribution in [0.15, 0.2) is 35.2 Å². The molecular formula is C16H23N3O4S. The van der Waals surface area contributed by atoms with E-state index in [1.807, 2.05) is 0 Å². The van der Waals surface area contributed by atoms with E-state index in [1.54, 1.807) is 30.3 Å². The molecule has 0 spiro atoms. The summed E-state index contributed by atoms with van der Waals surface area (Å²) in [5, 5.41) is 4.77. The third-order valence-corrected chi connectivity index (χ3v) is 6.09. The standard InChI is InChI=1S/C16H23N3O4S/c1-17-15(20)16(21)18-11-10-13-7-5-6-12-19(13)24(22,23)14-8-3-2-4-9-14/h2-4,8-9,13H,5-7,10-12H2,1H3,(H,17,20)(H,18,21). The van der Waals surface area contributed by atoms with Crippen LogP contribution in [0.25, 0.3) is 0 Å². The zero-order valence-electron chi connectivity index (χ0n) is 13.7. The number of nitrogens with zero attached hydrogens (tertiary/aromatic N) is 1. The quantitative estimate of drug-likeness (QED) is 0.753. The van der Waals surface area contributed by atoms with Gasteiger partial charge in [-0.1, -0.05) is 24.6 Å². The van der Waals surface area contributed by atoms with Crippen LogP contribution in [0.2, 0.25) is 0 Å². The summed E-state index contributed by atoms with van der Waals surface area (Å²) in [6.07, 6.45) is 3.01. The lowest BCUT2D eigenvalue weighted by atomic mass is 10.0. The average Bonchev–Trinajstić information content (AvgIpc) is 2.62. The van der Waals surface area contributed by atoms with Gasteiger partial charge in [0.05, 0.1) is 4.90 Å². The summed E-state index contributed by atoms with van der Waals surface area (Å²) >= 11 is 0. The van der Waals surface area contributed by atoms with Gasteiger partial charge >= 0.3 is 11.8 Å². The van der Waals surface area contributed by atoms with Crippen molar-refractivity contribution in [3.8, 4) is 0 Å². The van der Waals surface area contributed by atoms with Crippen LogP contribution in [-0.2, 0) is 19.6 Å². The lowest BCUT2D eigenvalue weighted by molar-refractivity contribution is -0.138. The Morgan fingerprint density at radius 1 is 1.17 bits per heavy atom. The van der Waals surface area contributed by atoms with E-state index >= 15 is 0 Å². The normalized spacial score (nSPS) is 18.8. The Labute approximate surface area is 142 Å². The Morgan fingerprint density at radius 2 is 1.88 bits per heavy atom. The topological polar surface area (TPSA) is 95.6 Å². The third kappa shape index (κ3) is 4.33. The maximum absolute atomic E-state index is 12.8. The molecule has 7 nitrogen and oxygen atoms in total. The van der Waals surface area contributed by atoms with Gasteiger partial charge < -0.3 is 10.6 Å². The Balaban J connectivity index is 2.03. The molecule has 0 bridgehead atoms. The van der Waals surface area contributed by atoms with Gasteiger partial charge in [0.15, 0.2) is 0 Å². The third-order valence-electron chi connectivity index (χ3n) is 4.12. The molecule has 8 heteroatoms. The van der Waals surface area contributed by atoms with Gasteiger partial charge in [-0.3, -0.25) is 9.59 Å². The summed E-state index contributed by atoms with van der Waals surface area (Å²) in [4.78, 5) is 22.9. The van der Waals surface area contributed by atoms with Gasteiger partial charge in [-0.15, -0.1) is 0 Å². The minimum atomic E-state index is -3.54. The first-order chi connectivity index (χ1) is 11.5. The molecule has 2 rings (SSSR count). The van der Waals surface area contributed by atoms with Crippen LogP contribution in [0.3, 0.4) is 0 Å². The van der Waals surface area contributed by atoms with Gasteiger partial charge in [0.2, 0.25) is 10.0 Å². The predicted molar refractivity (Wildman–Crippen MR) is 89.7 cm³/mol. The number of nitrogens with one attached hydrogen (secondary N) is 2. The number of sulfonamides is 1. The van der Waals surface area contributed by atoms with Crippen LogP contribution >= 0.6 is 0 Å². The molecule has 132 valence electrons. The number of carbonyl (C=O) groups excluding carboxylic acids is 2. The van der Waals surface area contributed by atoms with E-state index in [4.69, 9.17) is 0 Å². The van der Waals surface area contributed by atoms with E-state index in [1.165, 1.54) is 11.4 Å². The van der Waals surface area contributed by atoms with Crippen molar-refractivity contribution in [2.75, 3.05) is 20.1 Å². The lowest BCUT2D eigenvalue weighted by Gasteiger charge is -2.34. The summed E-state index contributed by atoms with van der Waals surface area (Å²) < 4.78 is 27.2. The van der Waals surface area contributed by atoms with Gasteiger partial charge in [-0.05, 0) is 31.4 Å². The molecule has 1 atom stereocenters. The molecule has 1 aliphatic rings. The lowest BCUT2D eigenvalue weighted by Crippen LogP contribution is -2.46. The van der Waals surface area contributed by atoms with Gasteiger partial charge in [-0.25, -0.2) is 8.42 Å². The highest BCUT2D eigenvalue weighted by Gasteiger charge is 2.33. The summed E-state index contributed by atoms with van der Waals surface area (Å²) in [5.74, 6) is -1.40. The van der Waals surface area contributed by atoms with E-state index in [-0.39, 0.29) is 17.5 Å². The Bertz CT molecular complexity index is 676. The number of hydrogen-bond donors (Lipinski definition) is 2. The Hall–Kier alpha value is -1.93. The largest absolute Gasteiger partial charge is 0.351 e. The van der Waals surface area contributed by atoms with Gasteiger partial charge in [0.25, 0.3) is 0 Å². The second kappa shape index (κ2) is 8.25. The molecule has 1 aliphatic heterocycles. The molecule has 0 saturated carbocycles. The maximum Gasteiger partial charge on any atom is 0.309 e. The minimum Gasteiger partial charge on any atom is -0.351 e. The van der Waals surface area contributed by atoms with Crippen molar-refractivity contribution >= 4 is 21.8 Å². The number of rotatable bonds is 5. The molecule has 1 aromatic carbocycles. The number of carbonyl (C=O) groups is 2. The number of piperidine rings is 1. The van der Waals surface area contributed by atoms with Crippen molar-refractivity contribution in [3.63, 3.8) is 0 Å². The second-order valence-electron chi connectivity index (χ2n) is 5.70. The number of likely N-dealkylation sites (N-methyl/N-ethyl adjacent to an activating group) is 1. The van der Waals surface area contributed by atoms with Gasteiger partial charge in [-0.2, -0.15) is 4.31 Å². The molecule has 1 unspecified atom stereocenters. The molecule has 0 radical (unpaired) electrons. The van der Waals surface area contributed by atoms with Crippen LogP contribution in [-0.4, -0.2) is 50.7 Å². The molecule has 2 amide bonds. The Kier molecular flexibility index (Phi) is 6.33. The SMILES string of the molecule is CNC(=O)C(=O)NCCC1CCCCN1S(=O)(=O)c1ccccc1. The number of amides is 2. The van der Waals surface area contributed by atoms with E-state index < -0.39 is 21.8 Å². The number of benzene rings is 1. The summed E-state index contributed by atoms with van der Waals surface area (Å²) in [7, 11) is -2.16. The summed E-state index contributed by atoms with van der Waals surface area (Å²) in [6, 6.07) is 8.20. The average molecular weight is 353 g/mol. The highest BCUT2D eigenvalue weighted by atomic mass is 32.2. The van der Waals surface area contributed by atoms with E-state index in [0.29, 0.717) is 13.0 Å². The maximum atomic E-state index is 12.8. The van der Waals surface area contributed by atoms with Crippen LogP contribution in [0, 0.1) is 0 Å². The van der Waals surface area contributed by atoms with Crippen molar-refractivity contribution < 1.29 is 18.0 Å². The van der Waals surface area contributed by atoms with E-state index in [2.05, 4.69) is 10.6 Å². The summed E-state index contributed by atoms with van der Waals surface area (Å²) in [6.45, 7) is 0.739. The fourth-order valence-corrected chi connectivity index (χ4v) is 4.60.